The van der Waals surface area contributed by atoms with Crippen LogP contribution >= 0.6 is 0 Å². The zero-order chi connectivity index (χ0) is 13.0. The molecule has 2 rings (SSSR count). The van der Waals surface area contributed by atoms with Gasteiger partial charge in [-0.3, -0.25) is 4.79 Å². The highest BCUT2D eigenvalue weighted by Crippen LogP contribution is 2.15. The van der Waals surface area contributed by atoms with E-state index in [0.29, 0.717) is 6.54 Å². The Morgan fingerprint density at radius 3 is 2.72 bits per heavy atom. The average molecular weight is 242 g/mol. The summed E-state index contributed by atoms with van der Waals surface area (Å²) in [5.74, 6) is 5.92. The van der Waals surface area contributed by atoms with Crippen LogP contribution in [0.5, 0.6) is 0 Å². The van der Waals surface area contributed by atoms with E-state index in [4.69, 9.17) is 5.73 Å². The summed E-state index contributed by atoms with van der Waals surface area (Å²) in [5.41, 5.74) is 8.02. The molecule has 2 N–H and O–H groups in total. The summed E-state index contributed by atoms with van der Waals surface area (Å²) in [6.45, 7) is 4.06. The van der Waals surface area contributed by atoms with E-state index in [1.54, 1.807) is 0 Å². The van der Waals surface area contributed by atoms with E-state index in [1.165, 1.54) is 0 Å². The van der Waals surface area contributed by atoms with Crippen molar-refractivity contribution in [3.05, 3.63) is 34.9 Å². The number of carbonyl (C=O) groups excluding carboxylic acids is 1. The molecule has 1 saturated heterocycles. The molecule has 94 valence electrons. The summed E-state index contributed by atoms with van der Waals surface area (Å²) < 4.78 is 0. The van der Waals surface area contributed by atoms with Gasteiger partial charge in [0.15, 0.2) is 0 Å². The first-order valence-corrected chi connectivity index (χ1v) is 6.30. The Bertz CT molecular complexity index is 505. The SMILES string of the molecule is Cc1cc(C#CCN)cc(C(=O)N2CCCC2)c1. The van der Waals surface area contributed by atoms with Gasteiger partial charge in [0.05, 0.1) is 6.54 Å². The van der Waals surface area contributed by atoms with Crippen molar-refractivity contribution in [3.63, 3.8) is 0 Å². The third-order valence-corrected chi connectivity index (χ3v) is 3.05. The highest BCUT2D eigenvalue weighted by Gasteiger charge is 2.19. The zero-order valence-electron chi connectivity index (χ0n) is 10.7. The van der Waals surface area contributed by atoms with Crippen molar-refractivity contribution < 1.29 is 4.79 Å². The Labute approximate surface area is 108 Å². The standard InChI is InChI=1S/C15H18N2O/c1-12-9-13(5-4-6-16)11-14(10-12)15(18)17-7-2-3-8-17/h9-11H,2-3,6-8,16H2,1H3. The Morgan fingerprint density at radius 2 is 2.06 bits per heavy atom. The molecular weight excluding hydrogens is 224 g/mol. The number of hydrogen-bond acceptors (Lipinski definition) is 2. The van der Waals surface area contributed by atoms with Crippen LogP contribution in [0.4, 0.5) is 0 Å². The molecule has 1 fully saturated rings. The average Bonchev–Trinajstić information content (AvgIpc) is 2.88. The molecule has 1 heterocycles. The van der Waals surface area contributed by atoms with Gasteiger partial charge in [0.2, 0.25) is 0 Å². The molecule has 0 aromatic heterocycles. The predicted octanol–water partition coefficient (Wildman–Crippen LogP) is 1.54. The Morgan fingerprint density at radius 1 is 1.33 bits per heavy atom. The second kappa shape index (κ2) is 5.70. The van der Waals surface area contributed by atoms with E-state index in [-0.39, 0.29) is 5.91 Å². The molecule has 0 aliphatic carbocycles. The van der Waals surface area contributed by atoms with Crippen LogP contribution in [0.2, 0.25) is 0 Å². The van der Waals surface area contributed by atoms with E-state index < -0.39 is 0 Å². The Balaban J connectivity index is 2.26. The highest BCUT2D eigenvalue weighted by atomic mass is 16.2. The molecule has 0 radical (unpaired) electrons. The van der Waals surface area contributed by atoms with Crippen LogP contribution in [-0.2, 0) is 0 Å². The predicted molar refractivity (Wildman–Crippen MR) is 72.2 cm³/mol. The van der Waals surface area contributed by atoms with Crippen LogP contribution in [0.3, 0.4) is 0 Å². The van der Waals surface area contributed by atoms with Gasteiger partial charge in [-0.25, -0.2) is 0 Å². The van der Waals surface area contributed by atoms with E-state index in [1.807, 2.05) is 30.0 Å². The lowest BCUT2D eigenvalue weighted by Gasteiger charge is -2.15. The van der Waals surface area contributed by atoms with Gasteiger partial charge in [-0.1, -0.05) is 11.8 Å². The number of benzene rings is 1. The van der Waals surface area contributed by atoms with E-state index in [0.717, 1.165) is 42.6 Å². The number of hydrogen-bond donors (Lipinski definition) is 1. The maximum Gasteiger partial charge on any atom is 0.253 e. The summed E-state index contributed by atoms with van der Waals surface area (Å²) in [7, 11) is 0. The van der Waals surface area contributed by atoms with Crippen LogP contribution in [0.1, 0.15) is 34.3 Å². The summed E-state index contributed by atoms with van der Waals surface area (Å²) >= 11 is 0. The van der Waals surface area contributed by atoms with Gasteiger partial charge in [-0.2, -0.15) is 0 Å². The smallest absolute Gasteiger partial charge is 0.253 e. The van der Waals surface area contributed by atoms with Crippen LogP contribution in [0.25, 0.3) is 0 Å². The molecule has 3 nitrogen and oxygen atoms in total. The molecule has 0 unspecified atom stereocenters. The molecule has 1 aliphatic rings. The molecule has 0 saturated carbocycles. The quantitative estimate of drug-likeness (QED) is 0.759. The fourth-order valence-electron chi connectivity index (χ4n) is 2.23. The Hall–Kier alpha value is -1.79. The molecule has 1 aliphatic heterocycles. The zero-order valence-corrected chi connectivity index (χ0v) is 10.7. The third-order valence-electron chi connectivity index (χ3n) is 3.05. The number of rotatable bonds is 1. The minimum absolute atomic E-state index is 0.118. The van der Waals surface area contributed by atoms with Crippen molar-refractivity contribution in [1.29, 1.82) is 0 Å². The molecule has 1 amide bonds. The first-order valence-electron chi connectivity index (χ1n) is 6.30. The minimum atomic E-state index is 0.118. The van der Waals surface area contributed by atoms with Crippen molar-refractivity contribution in [2.24, 2.45) is 5.73 Å². The van der Waals surface area contributed by atoms with Crippen LogP contribution in [0, 0.1) is 18.8 Å². The molecular formula is C15H18N2O. The van der Waals surface area contributed by atoms with Gasteiger partial charge in [0.25, 0.3) is 5.91 Å². The second-order valence-electron chi connectivity index (χ2n) is 4.59. The lowest BCUT2D eigenvalue weighted by atomic mass is 10.1. The maximum absolute atomic E-state index is 12.3. The van der Waals surface area contributed by atoms with Gasteiger partial charge in [-0.15, -0.1) is 0 Å². The molecule has 1 aromatic rings. The first-order chi connectivity index (χ1) is 8.70. The fraction of sp³-hybridized carbons (Fsp3) is 0.400. The molecule has 3 heteroatoms. The van der Waals surface area contributed by atoms with Crippen LogP contribution in [-0.4, -0.2) is 30.4 Å². The van der Waals surface area contributed by atoms with Crippen LogP contribution < -0.4 is 5.73 Å². The van der Waals surface area contributed by atoms with E-state index in [9.17, 15) is 4.79 Å². The Kier molecular flexibility index (Phi) is 4.01. The second-order valence-corrected chi connectivity index (χ2v) is 4.59. The maximum atomic E-state index is 12.3. The third kappa shape index (κ3) is 2.91. The lowest BCUT2D eigenvalue weighted by Crippen LogP contribution is -2.27. The first kappa shape index (κ1) is 12.7. The van der Waals surface area contributed by atoms with E-state index >= 15 is 0 Å². The van der Waals surface area contributed by atoms with Gasteiger partial charge < -0.3 is 10.6 Å². The largest absolute Gasteiger partial charge is 0.339 e. The molecule has 0 spiro atoms. The number of nitrogens with zero attached hydrogens (tertiary/aromatic N) is 1. The van der Waals surface area contributed by atoms with Crippen molar-refractivity contribution in [3.8, 4) is 11.8 Å². The lowest BCUT2D eigenvalue weighted by molar-refractivity contribution is 0.0792. The number of aryl methyl sites for hydroxylation is 1. The number of nitrogens with two attached hydrogens (primary N) is 1. The topological polar surface area (TPSA) is 46.3 Å². The summed E-state index contributed by atoms with van der Waals surface area (Å²) in [4.78, 5) is 14.2. The molecule has 0 atom stereocenters. The fourth-order valence-corrected chi connectivity index (χ4v) is 2.23. The summed E-state index contributed by atoms with van der Waals surface area (Å²) in [6.07, 6.45) is 2.22. The highest BCUT2D eigenvalue weighted by molar-refractivity contribution is 5.95. The van der Waals surface area contributed by atoms with Crippen molar-refractivity contribution in [2.75, 3.05) is 19.6 Å². The van der Waals surface area contributed by atoms with Crippen molar-refractivity contribution in [2.45, 2.75) is 19.8 Å². The van der Waals surface area contributed by atoms with Gasteiger partial charge in [0.1, 0.15) is 0 Å². The van der Waals surface area contributed by atoms with Crippen LogP contribution in [0.15, 0.2) is 18.2 Å². The summed E-state index contributed by atoms with van der Waals surface area (Å²) in [6, 6.07) is 5.76. The van der Waals surface area contributed by atoms with Crippen molar-refractivity contribution in [1.82, 2.24) is 4.90 Å². The number of likely N-dealkylation sites (tertiary alicyclic amines) is 1. The number of amides is 1. The molecule has 18 heavy (non-hydrogen) atoms. The minimum Gasteiger partial charge on any atom is -0.339 e. The molecule has 1 aromatic carbocycles. The molecule has 0 bridgehead atoms. The van der Waals surface area contributed by atoms with E-state index in [2.05, 4.69) is 11.8 Å². The van der Waals surface area contributed by atoms with Gasteiger partial charge >= 0.3 is 0 Å². The van der Waals surface area contributed by atoms with Gasteiger partial charge in [0, 0.05) is 24.2 Å². The van der Waals surface area contributed by atoms with Crippen molar-refractivity contribution >= 4 is 5.91 Å². The number of carbonyl (C=O) groups is 1. The van der Waals surface area contributed by atoms with Gasteiger partial charge in [-0.05, 0) is 43.5 Å². The summed E-state index contributed by atoms with van der Waals surface area (Å²) in [5, 5.41) is 0. The normalized spacial score (nSPS) is 14.2. The monoisotopic (exact) mass is 242 g/mol.